The third-order valence-corrected chi connectivity index (χ3v) is 4.13. The summed E-state index contributed by atoms with van der Waals surface area (Å²) < 4.78 is 0. The molecule has 25 heavy (non-hydrogen) atoms. The fourth-order valence-corrected chi connectivity index (χ4v) is 2.68. The van der Waals surface area contributed by atoms with Crippen molar-refractivity contribution in [1.29, 1.82) is 0 Å². The molecule has 1 fully saturated rings. The van der Waals surface area contributed by atoms with Gasteiger partial charge in [-0.1, -0.05) is 12.8 Å². The van der Waals surface area contributed by atoms with Gasteiger partial charge in [-0.05, 0) is 84.8 Å². The summed E-state index contributed by atoms with van der Waals surface area (Å²) in [6.45, 7) is 9.27. The zero-order chi connectivity index (χ0) is 18.6. The van der Waals surface area contributed by atoms with Gasteiger partial charge in [0.15, 0.2) is 0 Å². The van der Waals surface area contributed by atoms with Crippen molar-refractivity contribution >= 4 is 27.9 Å². The quantitative estimate of drug-likeness (QED) is 0.526. The van der Waals surface area contributed by atoms with Gasteiger partial charge in [-0.3, -0.25) is 0 Å². The molecular formula is C17H37Cl3N4Ti. The molecule has 1 aliphatic rings. The van der Waals surface area contributed by atoms with Crippen molar-refractivity contribution in [2.45, 2.75) is 51.4 Å². The van der Waals surface area contributed by atoms with Crippen LogP contribution in [0.2, 0.25) is 0 Å². The molecule has 150 valence electrons. The summed E-state index contributed by atoms with van der Waals surface area (Å²) in [5.74, 6) is 0. The van der Waals surface area contributed by atoms with Crippen molar-refractivity contribution in [1.82, 2.24) is 15.5 Å². The molecule has 0 aromatic heterocycles. The van der Waals surface area contributed by atoms with Gasteiger partial charge in [-0.15, -0.1) is 13.1 Å². The van der Waals surface area contributed by atoms with E-state index in [0.29, 0.717) is 0 Å². The normalized spacial score (nSPS) is 21.6. The van der Waals surface area contributed by atoms with Crippen LogP contribution in [0.5, 0.6) is 0 Å². The standard InChI is InChI=1S/C17H37N4.3ClH.Ti/c1-21-16-8-6-14-19-12-4-2-10-18-11-3-5-13-20-15-7-9-17-21;;;;/h18-19H,2-17H2,1H3;3*1H;/q-1;;;;+4/p-3. The van der Waals surface area contributed by atoms with Crippen LogP contribution in [0, 0.1) is 0 Å². The SMILES string of the molecule is CN1CCCC[N-]CCCCNCCCCNCCCC1.[Cl][Ti+]([Cl])[Cl]. The van der Waals surface area contributed by atoms with Crippen LogP contribution in [0.4, 0.5) is 0 Å². The third kappa shape index (κ3) is 25.4. The van der Waals surface area contributed by atoms with Crippen molar-refractivity contribution in [3.63, 3.8) is 0 Å². The van der Waals surface area contributed by atoms with Crippen LogP contribution < -0.4 is 10.6 Å². The first-order valence-electron chi connectivity index (χ1n) is 9.69. The first-order valence-corrected chi connectivity index (χ1v) is 16.1. The van der Waals surface area contributed by atoms with Crippen molar-refractivity contribution in [2.75, 3.05) is 59.4 Å². The zero-order valence-electron chi connectivity index (χ0n) is 15.8. The molecule has 0 atom stereocenters. The minimum absolute atomic E-state index is 1.06. The van der Waals surface area contributed by atoms with E-state index in [1.165, 1.54) is 84.1 Å². The number of hydrogen-bond donors (Lipinski definition) is 2. The molecule has 1 heterocycles. The molecule has 1 saturated heterocycles. The van der Waals surface area contributed by atoms with E-state index in [4.69, 9.17) is 27.9 Å². The summed E-state index contributed by atoms with van der Waals surface area (Å²) >= 11 is -1.92. The topological polar surface area (TPSA) is 41.4 Å². The van der Waals surface area contributed by atoms with Crippen molar-refractivity contribution in [3.05, 3.63) is 5.32 Å². The average Bonchev–Trinajstić information content (AvgIpc) is 2.55. The molecule has 0 aromatic carbocycles. The number of nitrogens with one attached hydrogen (secondary N) is 2. The van der Waals surface area contributed by atoms with Gasteiger partial charge in [0.1, 0.15) is 0 Å². The molecule has 1 rings (SSSR count). The Balaban J connectivity index is 0.00000129. The van der Waals surface area contributed by atoms with Crippen LogP contribution in [0.15, 0.2) is 0 Å². The molecule has 0 saturated carbocycles. The zero-order valence-corrected chi connectivity index (χ0v) is 19.7. The number of halogens is 3. The second-order valence-corrected chi connectivity index (χ2v) is 14.3. The Labute approximate surface area is 173 Å². The van der Waals surface area contributed by atoms with Gasteiger partial charge in [0.05, 0.1) is 0 Å². The van der Waals surface area contributed by atoms with E-state index in [1.54, 1.807) is 0 Å². The van der Waals surface area contributed by atoms with Gasteiger partial charge < -0.3 is 20.9 Å². The molecule has 4 nitrogen and oxygen atoms in total. The van der Waals surface area contributed by atoms with E-state index in [2.05, 4.69) is 27.9 Å². The molecule has 0 spiro atoms. The summed E-state index contributed by atoms with van der Waals surface area (Å²) in [7, 11) is 17.2. The molecule has 0 unspecified atom stereocenters. The van der Waals surface area contributed by atoms with Crippen LogP contribution in [0.1, 0.15) is 51.4 Å². The van der Waals surface area contributed by atoms with Crippen LogP contribution in [0.25, 0.3) is 5.32 Å². The predicted octanol–water partition coefficient (Wildman–Crippen LogP) is 4.67. The Bertz CT molecular complexity index is 241. The molecule has 0 aliphatic carbocycles. The van der Waals surface area contributed by atoms with E-state index >= 15 is 0 Å². The number of nitrogens with zero attached hydrogens (tertiary/aromatic N) is 2. The van der Waals surface area contributed by atoms with E-state index < -0.39 is 14.7 Å². The van der Waals surface area contributed by atoms with Crippen LogP contribution in [-0.4, -0.2) is 64.3 Å². The Morgan fingerprint density at radius 3 is 1.56 bits per heavy atom. The molecule has 0 bridgehead atoms. The van der Waals surface area contributed by atoms with Gasteiger partial charge in [0.2, 0.25) is 0 Å². The molecule has 0 aromatic rings. The summed E-state index contributed by atoms with van der Waals surface area (Å²) in [5.41, 5.74) is 0. The van der Waals surface area contributed by atoms with Crippen LogP contribution >= 0.6 is 27.9 Å². The van der Waals surface area contributed by atoms with Gasteiger partial charge in [0.25, 0.3) is 0 Å². The maximum atomic E-state index is 4.97. The molecule has 8 heteroatoms. The monoisotopic (exact) mass is 450 g/mol. The number of hydrogen-bond acceptors (Lipinski definition) is 3. The van der Waals surface area contributed by atoms with Gasteiger partial charge in [0, 0.05) is 0 Å². The maximum absolute atomic E-state index is 4.97. The van der Waals surface area contributed by atoms with Crippen molar-refractivity contribution in [2.24, 2.45) is 0 Å². The molecule has 0 radical (unpaired) electrons. The van der Waals surface area contributed by atoms with Gasteiger partial charge in [-0.2, -0.15) is 0 Å². The Kier molecular flexibility index (Phi) is 23.0. The molecule has 1 aliphatic heterocycles. The predicted molar refractivity (Wildman–Crippen MR) is 111 cm³/mol. The Morgan fingerprint density at radius 1 is 0.680 bits per heavy atom. The fraction of sp³-hybridized carbons (Fsp3) is 1.00. The average molecular weight is 452 g/mol. The summed E-state index contributed by atoms with van der Waals surface area (Å²) in [4.78, 5) is 2.48. The fourth-order valence-electron chi connectivity index (χ4n) is 2.68. The first-order chi connectivity index (χ1) is 12.1. The summed E-state index contributed by atoms with van der Waals surface area (Å²) in [5, 5.41) is 11.7. The van der Waals surface area contributed by atoms with E-state index in [1.807, 2.05) is 0 Å². The minimum atomic E-state index is -1.92. The van der Waals surface area contributed by atoms with Crippen molar-refractivity contribution < 1.29 is 14.7 Å². The van der Waals surface area contributed by atoms with Crippen LogP contribution in [0.3, 0.4) is 0 Å². The Morgan fingerprint density at radius 2 is 1.04 bits per heavy atom. The Hall–Kier alpha value is 1.42. The molecule has 0 amide bonds. The molecular weight excluding hydrogens is 414 g/mol. The van der Waals surface area contributed by atoms with Gasteiger partial charge >= 0.3 is 42.6 Å². The van der Waals surface area contributed by atoms with Crippen LogP contribution in [-0.2, 0) is 14.7 Å². The second kappa shape index (κ2) is 21.7. The summed E-state index contributed by atoms with van der Waals surface area (Å²) in [6.07, 6.45) is 10.3. The summed E-state index contributed by atoms with van der Waals surface area (Å²) in [6, 6.07) is 0. The number of rotatable bonds is 0. The van der Waals surface area contributed by atoms with E-state index in [-0.39, 0.29) is 0 Å². The van der Waals surface area contributed by atoms with Crippen molar-refractivity contribution in [3.8, 4) is 0 Å². The van der Waals surface area contributed by atoms with E-state index in [9.17, 15) is 0 Å². The first kappa shape index (κ1) is 26.4. The second-order valence-electron chi connectivity index (χ2n) is 6.52. The molecule has 2 N–H and O–H groups in total. The van der Waals surface area contributed by atoms with E-state index in [0.717, 1.165) is 19.6 Å². The third-order valence-electron chi connectivity index (χ3n) is 4.13. The van der Waals surface area contributed by atoms with Gasteiger partial charge in [-0.25, -0.2) is 0 Å².